The lowest BCUT2D eigenvalue weighted by molar-refractivity contribution is -1.91. The number of rotatable bonds is 4. The number of halogens is 1. The van der Waals surface area contributed by atoms with Crippen molar-refractivity contribution >= 4 is 30.6 Å². The highest BCUT2D eigenvalue weighted by molar-refractivity contribution is 8.87. The molecule has 0 aromatic heterocycles. The molecule has 0 saturated carbocycles. The van der Waals surface area contributed by atoms with Gasteiger partial charge in [0.05, 0.1) is 10.2 Å². The van der Waals surface area contributed by atoms with Crippen LogP contribution in [0.15, 0.2) is 53.5 Å². The highest BCUT2D eigenvalue weighted by Crippen LogP contribution is 2.44. The Morgan fingerprint density at radius 3 is 1.88 bits per heavy atom. The van der Waals surface area contributed by atoms with Crippen LogP contribution in [0.2, 0.25) is 0 Å². The van der Waals surface area contributed by atoms with Crippen molar-refractivity contribution in [3.8, 4) is 0 Å². The first-order valence-electron chi connectivity index (χ1n) is 6.95. The third kappa shape index (κ3) is 4.25. The van der Waals surface area contributed by atoms with Crippen LogP contribution in [0.1, 0.15) is 22.3 Å². The second-order valence-corrected chi connectivity index (χ2v) is 9.29. The largest absolute Gasteiger partial charge is 0.230 e. The second-order valence-electron chi connectivity index (χ2n) is 5.21. The van der Waals surface area contributed by atoms with Crippen LogP contribution >= 0.6 is 20.6 Å². The molecule has 0 saturated heterocycles. The molecule has 0 radical (unpaired) electrons. The van der Waals surface area contributed by atoms with E-state index in [1.165, 1.54) is 0 Å². The van der Waals surface area contributed by atoms with E-state index in [0.29, 0.717) is 10.0 Å². The lowest BCUT2D eigenvalue weighted by atomic mass is 10.1. The molecule has 1 aliphatic heterocycles. The Balaban J connectivity index is 1.99. The van der Waals surface area contributed by atoms with E-state index >= 15 is 0 Å². The summed E-state index contributed by atoms with van der Waals surface area (Å²) in [6.07, 6.45) is 0. The molecule has 0 amide bonds. The molecular weight excluding hydrogens is 370 g/mol. The monoisotopic (exact) mass is 383 g/mol. The van der Waals surface area contributed by atoms with Gasteiger partial charge in [0.2, 0.25) is 9.80 Å². The Morgan fingerprint density at radius 2 is 1.38 bits per heavy atom. The zero-order valence-corrected chi connectivity index (χ0v) is 15.3. The molecular formula is C16H14ClNO4S2. The van der Waals surface area contributed by atoms with E-state index in [1.54, 1.807) is 0 Å². The second kappa shape index (κ2) is 6.97. The summed E-state index contributed by atoms with van der Waals surface area (Å²) in [6, 6.07) is 15.2. The molecule has 8 heteroatoms. The predicted octanol–water partition coefficient (Wildman–Crippen LogP) is 0.988. The summed E-state index contributed by atoms with van der Waals surface area (Å²) in [6.45, 7) is 3.93. The minimum Gasteiger partial charge on any atom is -0.230 e. The minimum absolute atomic E-state index is 0.447. The van der Waals surface area contributed by atoms with Gasteiger partial charge < -0.3 is 0 Å². The minimum atomic E-state index is -4.53. The first-order valence-corrected chi connectivity index (χ1v) is 10.7. The van der Waals surface area contributed by atoms with Gasteiger partial charge in [-0.2, -0.15) is 14.0 Å². The summed E-state index contributed by atoms with van der Waals surface area (Å²) >= 11 is 0. The van der Waals surface area contributed by atoms with Crippen LogP contribution < -0.4 is 14.0 Å². The van der Waals surface area contributed by atoms with Crippen molar-refractivity contribution in [2.24, 2.45) is 4.99 Å². The Morgan fingerprint density at radius 1 is 0.875 bits per heavy atom. The molecule has 1 unspecified atom stereocenters. The highest BCUT2D eigenvalue weighted by Gasteiger charge is 2.33. The van der Waals surface area contributed by atoms with Crippen molar-refractivity contribution in [3.63, 3.8) is 0 Å². The molecule has 24 heavy (non-hydrogen) atoms. The van der Waals surface area contributed by atoms with Gasteiger partial charge in [0, 0.05) is 21.9 Å². The number of aryl methyl sites for hydroxylation is 2. The van der Waals surface area contributed by atoms with Crippen LogP contribution in [0.4, 0.5) is 0 Å². The van der Waals surface area contributed by atoms with Gasteiger partial charge >= 0.3 is 0 Å². The zero-order chi connectivity index (χ0) is 17.3. The fourth-order valence-electron chi connectivity index (χ4n) is 2.04. The van der Waals surface area contributed by atoms with E-state index < -0.39 is 20.0 Å². The highest BCUT2D eigenvalue weighted by atomic mass is 35.7. The third-order valence-corrected chi connectivity index (χ3v) is 7.47. The Bertz CT molecular complexity index is 811. The van der Waals surface area contributed by atoms with E-state index in [-0.39, 0.29) is 0 Å². The van der Waals surface area contributed by atoms with Gasteiger partial charge in [-0.25, -0.2) is 4.99 Å². The molecule has 0 spiro atoms. The molecule has 3 rings (SSSR count). The van der Waals surface area contributed by atoms with Gasteiger partial charge in [-0.05, 0) is 13.8 Å². The van der Waals surface area contributed by atoms with Crippen molar-refractivity contribution < 1.29 is 28.0 Å². The van der Waals surface area contributed by atoms with Crippen molar-refractivity contribution in [1.29, 1.82) is 0 Å². The standard InChI is InChI=1S/C16H14ClNO4S2/c1-11-3-7-13(8-4-11)15-18-16(14-9-5-12(2)6-10-14)24(23-15)22-17(19,20)21/h3-10H,1-2H3. The first kappa shape index (κ1) is 17.6. The van der Waals surface area contributed by atoms with Crippen LogP contribution in [-0.2, 0) is 3.74 Å². The Hall–Kier alpha value is -1.19. The van der Waals surface area contributed by atoms with E-state index in [0.717, 1.165) is 33.0 Å². The lowest BCUT2D eigenvalue weighted by Gasteiger charge is -2.12. The smallest absolute Gasteiger partial charge is 0.200 e. The molecule has 0 bridgehead atoms. The maximum atomic E-state index is 11.0. The van der Waals surface area contributed by atoms with Crippen LogP contribution in [-0.4, -0.2) is 10.0 Å². The predicted molar refractivity (Wildman–Crippen MR) is 89.3 cm³/mol. The van der Waals surface area contributed by atoms with Crippen LogP contribution in [0.3, 0.4) is 0 Å². The maximum absolute atomic E-state index is 11.0. The molecule has 1 atom stereocenters. The summed E-state index contributed by atoms with van der Waals surface area (Å²) in [5, 5.41) is 0.632. The first-order chi connectivity index (χ1) is 11.3. The fraction of sp³-hybridized carbons (Fsp3) is 0.125. The van der Waals surface area contributed by atoms with Crippen LogP contribution in [0.5, 0.6) is 0 Å². The molecule has 2 aromatic carbocycles. The fourth-order valence-corrected chi connectivity index (χ4v) is 6.34. The Labute approximate surface area is 148 Å². The van der Waals surface area contributed by atoms with Crippen LogP contribution in [0.25, 0.3) is 0 Å². The number of hydrogen-bond donors (Lipinski definition) is 0. The summed E-state index contributed by atoms with van der Waals surface area (Å²) in [5.74, 6) is 0. The molecule has 2 aromatic rings. The van der Waals surface area contributed by atoms with Crippen LogP contribution in [0, 0.1) is 24.1 Å². The molecule has 0 aliphatic carbocycles. The number of hydrogen-bond acceptors (Lipinski definition) is 6. The van der Waals surface area contributed by atoms with Gasteiger partial charge in [0.25, 0.3) is 0 Å². The SMILES string of the molecule is Cc1ccc(C2=NC(c3ccc(C)cc3)=S(O[Cl+3]([O-])([O-])[O-])S2)cc1. The average molecular weight is 384 g/mol. The Kier molecular flexibility index (Phi) is 5.12. The van der Waals surface area contributed by atoms with Crippen molar-refractivity contribution in [2.45, 2.75) is 13.8 Å². The topological polar surface area (TPSA) is 90.8 Å². The summed E-state index contributed by atoms with van der Waals surface area (Å²) in [4.78, 5) is 4.98. The van der Waals surface area contributed by atoms with Crippen molar-refractivity contribution in [3.05, 3.63) is 70.8 Å². The van der Waals surface area contributed by atoms with Gasteiger partial charge in [-0.1, -0.05) is 59.7 Å². The average Bonchev–Trinajstić information content (AvgIpc) is 2.90. The third-order valence-electron chi connectivity index (χ3n) is 3.25. The molecule has 126 valence electrons. The van der Waals surface area contributed by atoms with E-state index in [9.17, 15) is 14.0 Å². The van der Waals surface area contributed by atoms with Gasteiger partial charge in [-0.3, -0.25) is 0 Å². The lowest BCUT2D eigenvalue weighted by Crippen LogP contribution is -2.60. The van der Waals surface area contributed by atoms with Gasteiger partial charge in [-0.15, -0.1) is 0 Å². The maximum Gasteiger partial charge on any atom is 0.200 e. The number of aliphatic imine (C=N–C) groups is 1. The molecule has 1 aliphatic rings. The van der Waals surface area contributed by atoms with E-state index in [4.69, 9.17) is 3.74 Å². The quantitative estimate of drug-likeness (QED) is 0.580. The molecule has 1 heterocycles. The van der Waals surface area contributed by atoms with Crippen molar-refractivity contribution in [2.75, 3.05) is 0 Å². The van der Waals surface area contributed by atoms with Gasteiger partial charge in [0.1, 0.15) is 13.8 Å². The van der Waals surface area contributed by atoms with E-state index in [2.05, 4.69) is 4.99 Å². The summed E-state index contributed by atoms with van der Waals surface area (Å²) in [5.41, 5.74) is 3.77. The van der Waals surface area contributed by atoms with Gasteiger partial charge in [0.15, 0.2) is 0 Å². The number of nitrogens with zero attached hydrogens (tertiary/aromatic N) is 1. The number of benzene rings is 2. The van der Waals surface area contributed by atoms with E-state index in [1.807, 2.05) is 62.4 Å². The summed E-state index contributed by atoms with van der Waals surface area (Å²) in [7, 11) is -4.71. The zero-order valence-electron chi connectivity index (χ0n) is 12.9. The summed E-state index contributed by atoms with van der Waals surface area (Å²) < 4.78 is 37.8. The van der Waals surface area contributed by atoms with Crippen molar-refractivity contribution in [1.82, 2.24) is 0 Å². The molecule has 0 fully saturated rings. The normalized spacial score (nSPS) is 18.0. The molecule has 0 N–H and O–H groups in total. The molecule has 5 nitrogen and oxygen atoms in total.